The fourth-order valence-corrected chi connectivity index (χ4v) is 3.74. The molecule has 0 unspecified atom stereocenters. The van der Waals surface area contributed by atoms with Crippen LogP contribution in [0.3, 0.4) is 0 Å². The van der Waals surface area contributed by atoms with Crippen LogP contribution >= 0.6 is 11.6 Å². The van der Waals surface area contributed by atoms with Crippen molar-refractivity contribution in [1.29, 1.82) is 0 Å². The van der Waals surface area contributed by atoms with Crippen molar-refractivity contribution in [1.82, 2.24) is 15.2 Å². The minimum atomic E-state index is -0.650. The molecule has 2 heterocycles. The van der Waals surface area contributed by atoms with Gasteiger partial charge in [0.25, 0.3) is 0 Å². The van der Waals surface area contributed by atoms with E-state index in [-0.39, 0.29) is 11.9 Å². The number of H-pyrrole nitrogens is 1. The molecular formula is C22H24ClN5O2. The van der Waals surface area contributed by atoms with E-state index in [1.54, 1.807) is 11.8 Å². The van der Waals surface area contributed by atoms with E-state index in [1.165, 1.54) is 0 Å². The molecule has 3 aromatic rings. The number of benzene rings is 2. The Hall–Kier alpha value is -3.19. The molecule has 0 bridgehead atoms. The summed E-state index contributed by atoms with van der Waals surface area (Å²) < 4.78 is 0. The van der Waals surface area contributed by atoms with E-state index < -0.39 is 6.04 Å². The normalized spacial score (nSPS) is 15.1. The minimum Gasteiger partial charge on any atom is -0.368 e. The molecule has 3 N–H and O–H groups in total. The van der Waals surface area contributed by atoms with E-state index in [4.69, 9.17) is 11.6 Å². The molecule has 1 aliphatic rings. The van der Waals surface area contributed by atoms with Crippen molar-refractivity contribution in [3.8, 4) is 0 Å². The Balaban J connectivity index is 1.28. The van der Waals surface area contributed by atoms with Gasteiger partial charge >= 0.3 is 6.03 Å². The number of hydrogen-bond acceptors (Lipinski definition) is 3. The van der Waals surface area contributed by atoms with Crippen molar-refractivity contribution in [2.45, 2.75) is 13.0 Å². The summed E-state index contributed by atoms with van der Waals surface area (Å²) in [5, 5.41) is 7.42. The number of fused-ring (bicyclic) bond motifs is 1. The van der Waals surface area contributed by atoms with Gasteiger partial charge in [-0.25, -0.2) is 4.79 Å². The highest BCUT2D eigenvalue weighted by atomic mass is 35.5. The molecule has 0 spiro atoms. The Morgan fingerprint density at radius 3 is 2.63 bits per heavy atom. The quantitative estimate of drug-likeness (QED) is 0.596. The lowest BCUT2D eigenvalue weighted by molar-refractivity contribution is -0.117. The molecule has 2 aromatic carbocycles. The second-order valence-corrected chi connectivity index (χ2v) is 7.83. The van der Waals surface area contributed by atoms with E-state index in [1.807, 2.05) is 54.7 Å². The summed E-state index contributed by atoms with van der Waals surface area (Å²) in [6, 6.07) is 14.4. The highest BCUT2D eigenvalue weighted by Gasteiger charge is 2.24. The van der Waals surface area contributed by atoms with Gasteiger partial charge in [0, 0.05) is 54.3 Å². The molecule has 0 radical (unpaired) electrons. The first kappa shape index (κ1) is 20.1. The molecule has 0 aliphatic carbocycles. The first-order valence-corrected chi connectivity index (χ1v) is 10.3. The Labute approximate surface area is 180 Å². The lowest BCUT2D eigenvalue weighted by Gasteiger charge is -2.36. The van der Waals surface area contributed by atoms with Gasteiger partial charge in [0.15, 0.2) is 0 Å². The highest BCUT2D eigenvalue weighted by Crippen LogP contribution is 2.21. The molecule has 7 nitrogen and oxygen atoms in total. The molecule has 8 heteroatoms. The van der Waals surface area contributed by atoms with Crippen LogP contribution in [0.15, 0.2) is 54.7 Å². The van der Waals surface area contributed by atoms with Crippen molar-refractivity contribution in [3.05, 3.63) is 59.8 Å². The zero-order chi connectivity index (χ0) is 21.1. The number of anilines is 2. The van der Waals surface area contributed by atoms with Gasteiger partial charge in [0.2, 0.25) is 5.91 Å². The van der Waals surface area contributed by atoms with Crippen molar-refractivity contribution in [2.24, 2.45) is 0 Å². The maximum Gasteiger partial charge on any atom is 0.318 e. The Kier molecular flexibility index (Phi) is 5.81. The fraction of sp³-hybridized carbons (Fsp3) is 0.273. The number of rotatable bonds is 4. The second-order valence-electron chi connectivity index (χ2n) is 7.39. The molecule has 1 fully saturated rings. The Morgan fingerprint density at radius 1 is 1.07 bits per heavy atom. The van der Waals surface area contributed by atoms with Gasteiger partial charge in [-0.2, -0.15) is 0 Å². The number of halogens is 1. The lowest BCUT2D eigenvalue weighted by Crippen LogP contribution is -2.54. The number of piperazine rings is 1. The van der Waals surface area contributed by atoms with Crippen LogP contribution in [0.5, 0.6) is 0 Å². The zero-order valence-corrected chi connectivity index (χ0v) is 17.4. The van der Waals surface area contributed by atoms with Crippen LogP contribution in [0.2, 0.25) is 5.02 Å². The summed E-state index contributed by atoms with van der Waals surface area (Å²) in [6.45, 7) is 4.27. The molecule has 0 saturated carbocycles. The summed E-state index contributed by atoms with van der Waals surface area (Å²) >= 11 is 6.07. The molecule has 156 valence electrons. The van der Waals surface area contributed by atoms with Gasteiger partial charge in [0.05, 0.1) is 0 Å². The van der Waals surface area contributed by atoms with E-state index in [9.17, 15) is 9.59 Å². The third-order valence-corrected chi connectivity index (χ3v) is 5.53. The lowest BCUT2D eigenvalue weighted by atomic mass is 10.2. The van der Waals surface area contributed by atoms with E-state index in [2.05, 4.69) is 20.5 Å². The van der Waals surface area contributed by atoms with Crippen molar-refractivity contribution in [2.75, 3.05) is 36.4 Å². The minimum absolute atomic E-state index is 0.233. The summed E-state index contributed by atoms with van der Waals surface area (Å²) in [5.41, 5.74) is 2.68. The van der Waals surface area contributed by atoms with Gasteiger partial charge < -0.3 is 25.4 Å². The first-order valence-electron chi connectivity index (χ1n) is 9.93. The smallest absolute Gasteiger partial charge is 0.318 e. The maximum absolute atomic E-state index is 12.6. The predicted molar refractivity (Wildman–Crippen MR) is 120 cm³/mol. The zero-order valence-electron chi connectivity index (χ0n) is 16.7. The largest absolute Gasteiger partial charge is 0.368 e. The molecule has 1 aliphatic heterocycles. The van der Waals surface area contributed by atoms with Crippen molar-refractivity contribution < 1.29 is 9.59 Å². The Morgan fingerprint density at radius 2 is 1.87 bits per heavy atom. The van der Waals surface area contributed by atoms with Crippen LogP contribution in [-0.2, 0) is 4.79 Å². The van der Waals surface area contributed by atoms with Crippen LogP contribution < -0.4 is 15.5 Å². The monoisotopic (exact) mass is 425 g/mol. The Bertz CT molecular complexity index is 1060. The summed E-state index contributed by atoms with van der Waals surface area (Å²) in [6.07, 6.45) is 1.85. The summed E-state index contributed by atoms with van der Waals surface area (Å²) in [5.74, 6) is -0.258. The van der Waals surface area contributed by atoms with Gasteiger partial charge in [-0.05, 0) is 48.7 Å². The number of carbonyl (C=O) groups excluding carboxylic acids is 2. The van der Waals surface area contributed by atoms with Gasteiger partial charge in [0.1, 0.15) is 6.04 Å². The second kappa shape index (κ2) is 8.67. The van der Waals surface area contributed by atoms with Crippen LogP contribution in [0.4, 0.5) is 16.2 Å². The number of aromatic nitrogens is 1. The third kappa shape index (κ3) is 4.52. The number of nitrogens with zero attached hydrogens (tertiary/aromatic N) is 2. The molecule has 1 aromatic heterocycles. The van der Waals surface area contributed by atoms with Gasteiger partial charge in [-0.3, -0.25) is 4.79 Å². The van der Waals surface area contributed by atoms with Crippen molar-refractivity contribution in [3.63, 3.8) is 0 Å². The summed E-state index contributed by atoms with van der Waals surface area (Å²) in [7, 11) is 0. The third-order valence-electron chi connectivity index (χ3n) is 5.30. The highest BCUT2D eigenvalue weighted by molar-refractivity contribution is 6.30. The number of carbonyl (C=O) groups is 2. The maximum atomic E-state index is 12.6. The molecule has 4 rings (SSSR count). The molecule has 1 atom stereocenters. The average Bonchev–Trinajstić information content (AvgIpc) is 3.21. The van der Waals surface area contributed by atoms with E-state index >= 15 is 0 Å². The number of amides is 3. The first-order chi connectivity index (χ1) is 14.5. The summed E-state index contributed by atoms with van der Waals surface area (Å²) in [4.78, 5) is 32.1. The predicted octanol–water partition coefficient (Wildman–Crippen LogP) is 3.68. The van der Waals surface area contributed by atoms with E-state index in [0.717, 1.165) is 16.6 Å². The van der Waals surface area contributed by atoms with Gasteiger partial charge in [-0.1, -0.05) is 23.7 Å². The van der Waals surface area contributed by atoms with Crippen LogP contribution in [0.1, 0.15) is 6.92 Å². The van der Waals surface area contributed by atoms with Crippen molar-refractivity contribution >= 4 is 45.8 Å². The molecule has 3 amide bonds. The SMILES string of the molecule is C[C@@H](NC(=O)N1CCN(c2cccc(Cl)c2)CC1)C(=O)Nc1ccc2cc[nH]c2c1. The number of nitrogens with one attached hydrogen (secondary N) is 3. The molecule has 30 heavy (non-hydrogen) atoms. The van der Waals surface area contributed by atoms with Crippen LogP contribution in [-0.4, -0.2) is 54.0 Å². The fourth-order valence-electron chi connectivity index (χ4n) is 3.56. The van der Waals surface area contributed by atoms with E-state index in [0.29, 0.717) is 36.9 Å². The standard InChI is InChI=1S/C22H24ClN5O2/c1-15(21(29)26-18-6-5-16-7-8-24-20(16)14-18)25-22(30)28-11-9-27(10-12-28)19-4-2-3-17(23)13-19/h2-8,13-15,24H,9-12H2,1H3,(H,25,30)(H,26,29)/t15-/m1/s1. The van der Waals surface area contributed by atoms with Gasteiger partial charge in [-0.15, -0.1) is 0 Å². The molecular weight excluding hydrogens is 402 g/mol. The average molecular weight is 426 g/mol. The number of hydrogen-bond donors (Lipinski definition) is 3. The number of aromatic amines is 1. The molecule has 1 saturated heterocycles. The van der Waals surface area contributed by atoms with Crippen LogP contribution in [0.25, 0.3) is 10.9 Å². The van der Waals surface area contributed by atoms with Crippen LogP contribution in [0, 0.1) is 0 Å². The number of urea groups is 1. The topological polar surface area (TPSA) is 80.5 Å².